The lowest BCUT2D eigenvalue weighted by Crippen LogP contribution is -2.36. The molecule has 30 nitrogen and oxygen atoms in total. The number of aromatic nitrogens is 11. The molecule has 2 unspecified atom stereocenters. The molecule has 3 fully saturated rings. The predicted octanol–water partition coefficient (Wildman–Crippen LogP) is 10.1. The number of nitrogens with two attached hydrogens (primary N) is 2. The van der Waals surface area contributed by atoms with Crippen LogP contribution in [-0.2, 0) is 81.5 Å². The predicted molar refractivity (Wildman–Crippen MR) is 369 cm³/mol. The Morgan fingerprint density at radius 3 is 2.13 bits per heavy atom. The Bertz CT molecular complexity index is 4600. The Morgan fingerprint density at radius 2 is 1.42 bits per heavy atom. The number of para-hydroxylation sites is 1. The number of hydrogen-bond acceptors (Lipinski definition) is 26. The van der Waals surface area contributed by atoms with Gasteiger partial charge < -0.3 is 50.0 Å². The summed E-state index contributed by atoms with van der Waals surface area (Å²) in [5.74, 6) is -0.200. The Kier molecular flexibility index (Phi) is 22.3. The van der Waals surface area contributed by atoms with E-state index in [9.17, 15) is 23.8 Å². The summed E-state index contributed by atoms with van der Waals surface area (Å²) < 4.78 is 119. The Balaban J connectivity index is 0.624. The van der Waals surface area contributed by atoms with Crippen LogP contribution in [0.4, 0.5) is 26.1 Å². The van der Waals surface area contributed by atoms with E-state index in [1.165, 1.54) is 40.6 Å². The largest absolute Gasteiger partial charge is 0.697 e. The van der Waals surface area contributed by atoms with E-state index in [-0.39, 0.29) is 75.9 Å². The lowest BCUT2D eigenvalue weighted by Gasteiger charge is -2.28. The second kappa shape index (κ2) is 31.6. The SMILES string of the molecule is CP(O)(=S)OCCCCCCNC(=O)CCCCC(=O)N1Cc2ccccc2-c2c(nnn2CCOc2ccc(C(=O)Oc3ccc(CS[P@@]4(=O)OC[C@H]5O[C@@H](n6cnc7c(N)ncnc76)[C@H](F)[C@@H]5O[P+](=O)OC[C@H]5O[C@@H](n6cnc7c(N)ncnc76)[C@H](F)[C@@H]5O4)cc3)cc2)-c2ccccc21. The number of carbonyl (C=O) groups is 3. The molecule has 3 saturated heterocycles. The van der Waals surface area contributed by atoms with Crippen molar-refractivity contribution in [2.24, 2.45) is 0 Å². The number of imidazole rings is 2. The van der Waals surface area contributed by atoms with Crippen LogP contribution < -0.4 is 31.2 Å². The van der Waals surface area contributed by atoms with Crippen LogP contribution in [0.2, 0.25) is 0 Å². The van der Waals surface area contributed by atoms with Gasteiger partial charge in [0.2, 0.25) is 11.8 Å². The quantitative estimate of drug-likeness (QED) is 0.0189. The molecule has 0 radical (unpaired) electrons. The number of anilines is 3. The van der Waals surface area contributed by atoms with Gasteiger partial charge in [-0.3, -0.25) is 27.8 Å². The number of ether oxygens (including phenoxy) is 4. The number of amides is 2. The third-order valence-corrected chi connectivity index (χ3v) is 22.5. The van der Waals surface area contributed by atoms with Crippen LogP contribution in [0.1, 0.15) is 85.3 Å². The van der Waals surface area contributed by atoms with Gasteiger partial charge in [0.05, 0.1) is 55.9 Å². The van der Waals surface area contributed by atoms with Gasteiger partial charge in [0.15, 0.2) is 60.3 Å². The van der Waals surface area contributed by atoms with Crippen LogP contribution in [0.3, 0.4) is 0 Å². The second-order valence-corrected chi connectivity index (χ2v) is 32.9. The highest BCUT2D eigenvalue weighted by molar-refractivity contribution is 8.54. The van der Waals surface area contributed by atoms with E-state index >= 15 is 13.3 Å². The first-order valence-electron chi connectivity index (χ1n) is 32.3. The summed E-state index contributed by atoms with van der Waals surface area (Å²) in [6, 6.07) is 28.1. The maximum atomic E-state index is 17.0. The zero-order valence-electron chi connectivity index (χ0n) is 54.1. The number of nitrogen functional groups attached to an aromatic ring is 2. The first-order valence-corrected chi connectivity index (χ1v) is 39.7. The standard InChI is InChI=1S/C64H68F2N15O15P3S2/c1-98(86,100)90-28-11-3-2-10-26-69-48(82)16-8-9-17-49(83)78-30-40-12-4-5-13-43(40)55-52(44-14-6-7-15-45(44)78)76-77-81(55)27-29-88-41-24-20-39(21-25-41)64(84)92-42-22-18-38(19-23-42)33-101-99(87)91-32-47-56(50(65)62(94-47)79-36-74-53-58(67)70-34-72-60(53)79)95-97(85)89-31-46-57(96-99)51(66)63(93-46)80-37-75-54-59(68)71-35-73-61(54)80/h4-7,12-15,18-25,34-37,46-47,50-51,56-57,62-63H,2-3,8-11,16-17,26-33H2,1H3,(H5-,67,68,69,70,71,72,73,82,86,100)/p+1/t46-,47-,50-,51-,56-,57-,62-,63-,98?,99+/m1/s1. The summed E-state index contributed by atoms with van der Waals surface area (Å²) in [6.07, 6.45) is -3.50. The third-order valence-electron chi connectivity index (χ3n) is 17.1. The fourth-order valence-corrected chi connectivity index (χ4v) is 16.9. The molecule has 2 amide bonds. The molecular formula is C64H69F2N15O15P3S2+. The van der Waals surface area contributed by atoms with Crippen molar-refractivity contribution in [1.29, 1.82) is 0 Å². The van der Waals surface area contributed by atoms with E-state index in [2.05, 4.69) is 45.5 Å². The zero-order valence-corrected chi connectivity index (χ0v) is 58.4. The van der Waals surface area contributed by atoms with Gasteiger partial charge in [-0.15, -0.1) is 14.1 Å². The van der Waals surface area contributed by atoms with Crippen LogP contribution in [0.5, 0.6) is 11.5 Å². The van der Waals surface area contributed by atoms with Crippen LogP contribution >= 0.6 is 32.9 Å². The maximum absolute atomic E-state index is 17.0. The first kappa shape index (κ1) is 71.2. The molecule has 9 heterocycles. The number of benzene rings is 4. The van der Waals surface area contributed by atoms with Gasteiger partial charge in [-0.05, 0) is 102 Å². The van der Waals surface area contributed by atoms with E-state index in [4.69, 9.17) is 64.8 Å². The van der Waals surface area contributed by atoms with E-state index in [1.54, 1.807) is 46.0 Å². The second-order valence-electron chi connectivity index (χ2n) is 24.0. The number of nitrogens with one attached hydrogen (secondary N) is 1. The minimum Gasteiger partial charge on any atom is -0.492 e. The molecule has 4 aliphatic heterocycles. The molecule has 530 valence electrons. The number of rotatable bonds is 24. The number of hydrogen-bond donors (Lipinski definition) is 4. The Labute approximate surface area is 585 Å². The monoisotopic (exact) mass is 1480 g/mol. The summed E-state index contributed by atoms with van der Waals surface area (Å²) in [5, 5.41) is 12.2. The summed E-state index contributed by atoms with van der Waals surface area (Å²) in [7, 11) is -3.14. The van der Waals surface area contributed by atoms with Crippen molar-refractivity contribution in [3.63, 3.8) is 0 Å². The van der Waals surface area contributed by atoms with E-state index in [1.807, 2.05) is 48.5 Å². The number of unbranched alkanes of at least 4 members (excludes halogenated alkanes) is 4. The molecule has 0 aliphatic carbocycles. The fourth-order valence-electron chi connectivity index (χ4n) is 12.1. The molecule has 4 aliphatic rings. The van der Waals surface area contributed by atoms with Gasteiger partial charge in [-0.1, -0.05) is 72.7 Å². The van der Waals surface area contributed by atoms with Crippen LogP contribution in [0.15, 0.2) is 122 Å². The summed E-state index contributed by atoms with van der Waals surface area (Å²) in [4.78, 5) is 76.4. The summed E-state index contributed by atoms with van der Waals surface area (Å²) >= 11 is 5.57. The molecule has 5 aromatic heterocycles. The van der Waals surface area contributed by atoms with Crippen molar-refractivity contribution in [2.45, 2.75) is 119 Å². The number of esters is 1. The van der Waals surface area contributed by atoms with Crippen molar-refractivity contribution in [3.8, 4) is 34.0 Å². The molecular weight excluding hydrogens is 1410 g/mol. The van der Waals surface area contributed by atoms with Gasteiger partial charge in [-0.25, -0.2) is 52.7 Å². The van der Waals surface area contributed by atoms with Crippen molar-refractivity contribution in [1.82, 2.24) is 59.3 Å². The third kappa shape index (κ3) is 16.5. The summed E-state index contributed by atoms with van der Waals surface area (Å²) in [6.45, 7) is -5.30. The molecule has 101 heavy (non-hydrogen) atoms. The van der Waals surface area contributed by atoms with Gasteiger partial charge in [0.25, 0.3) is 0 Å². The van der Waals surface area contributed by atoms with E-state index in [0.717, 1.165) is 60.7 Å². The maximum Gasteiger partial charge on any atom is 0.697 e. The van der Waals surface area contributed by atoms with Crippen LogP contribution in [-0.4, -0.2) is 153 Å². The van der Waals surface area contributed by atoms with Crippen molar-refractivity contribution >= 4 is 102 Å². The lowest BCUT2D eigenvalue weighted by molar-refractivity contribution is -0.122. The number of nitrogens with zero attached hydrogens (tertiary/aromatic N) is 12. The molecule has 13 rings (SSSR count). The molecule has 0 spiro atoms. The van der Waals surface area contributed by atoms with Gasteiger partial charge in [-0.2, -0.15) is 0 Å². The highest BCUT2D eigenvalue weighted by Crippen LogP contribution is 2.65. The number of halogens is 2. The Morgan fingerprint density at radius 1 is 0.772 bits per heavy atom. The van der Waals surface area contributed by atoms with Gasteiger partial charge in [0.1, 0.15) is 72.4 Å². The van der Waals surface area contributed by atoms with Gasteiger partial charge in [0, 0.05) is 47.5 Å². The van der Waals surface area contributed by atoms with Gasteiger partial charge >= 0.3 is 21.0 Å². The van der Waals surface area contributed by atoms with Crippen LogP contribution in [0, 0.1) is 0 Å². The number of fused-ring (bicyclic) bond motifs is 9. The normalized spacial score (nSPS) is 23.0. The molecule has 0 saturated carbocycles. The molecule has 4 aromatic carbocycles. The fraction of sp³-hybridized carbons (Fsp3) is 0.391. The molecule has 37 heteroatoms. The van der Waals surface area contributed by atoms with Crippen molar-refractivity contribution < 1.29 is 78.8 Å². The zero-order chi connectivity index (χ0) is 70.4. The number of carbonyl (C=O) groups excluding carboxylic acids is 3. The van der Waals surface area contributed by atoms with E-state index < -0.39 is 89.9 Å². The average molecular weight is 1480 g/mol. The topological polar surface area (TPSA) is 374 Å². The van der Waals surface area contributed by atoms with Crippen molar-refractivity contribution in [3.05, 3.63) is 139 Å². The minimum absolute atomic E-state index is 0.0184. The van der Waals surface area contributed by atoms with E-state index in [0.29, 0.717) is 79.6 Å². The summed E-state index contributed by atoms with van der Waals surface area (Å²) in [5.41, 5.74) is 17.9. The highest BCUT2D eigenvalue weighted by Gasteiger charge is 2.56. The Hall–Kier alpha value is -8.20. The van der Waals surface area contributed by atoms with Crippen molar-refractivity contribution in [2.75, 3.05) is 56.0 Å². The lowest BCUT2D eigenvalue weighted by atomic mass is 9.95. The molecule has 6 N–H and O–H groups in total. The minimum atomic E-state index is -4.60. The molecule has 9 aromatic rings. The van der Waals surface area contributed by atoms with Crippen LogP contribution in [0.25, 0.3) is 44.8 Å². The molecule has 11 atom stereocenters. The molecule has 0 bridgehead atoms. The smallest absolute Gasteiger partial charge is 0.492 e. The number of alkyl halides is 2. The highest BCUT2D eigenvalue weighted by atomic mass is 32.7. The average Bonchev–Trinajstić information content (AvgIpc) is 1.70. The first-order chi connectivity index (χ1) is 48.8.